The van der Waals surface area contributed by atoms with Crippen LogP contribution in [0.2, 0.25) is 0 Å². The number of likely N-dealkylation sites (tertiary alicyclic amines) is 1. The van der Waals surface area contributed by atoms with Crippen molar-refractivity contribution in [2.24, 2.45) is 0 Å². The number of pyridine rings is 1. The highest BCUT2D eigenvalue weighted by atomic mass is 16.3. The molecule has 2 atom stereocenters. The van der Waals surface area contributed by atoms with Gasteiger partial charge in [0, 0.05) is 31.1 Å². The number of aromatic nitrogens is 1. The highest BCUT2D eigenvalue weighted by Gasteiger charge is 2.37. The number of rotatable bonds is 5. The van der Waals surface area contributed by atoms with E-state index in [1.807, 2.05) is 12.1 Å². The Morgan fingerprint density at radius 3 is 2.77 bits per heavy atom. The molecular weight excluding hydrogens is 330 g/mol. The van der Waals surface area contributed by atoms with Crippen LogP contribution in [-0.4, -0.2) is 51.5 Å². The second kappa shape index (κ2) is 8.94. The lowest BCUT2D eigenvalue weighted by Crippen LogP contribution is -2.51. The number of aliphatic hydroxyl groups excluding tert-OH is 1. The zero-order chi connectivity index (χ0) is 18.4. The molecule has 0 spiro atoms. The predicted molar refractivity (Wildman–Crippen MR) is 99.0 cm³/mol. The Hall–Kier alpha value is -2.21. The molecule has 6 heteroatoms. The van der Waals surface area contributed by atoms with Gasteiger partial charge in [0.1, 0.15) is 0 Å². The van der Waals surface area contributed by atoms with Gasteiger partial charge in [-0.2, -0.15) is 0 Å². The number of hydrogen-bond acceptors (Lipinski definition) is 4. The maximum Gasteiger partial charge on any atom is 0.251 e. The summed E-state index contributed by atoms with van der Waals surface area (Å²) in [7, 11) is 0. The fraction of sp³-hybridized carbons (Fsp3) is 0.550. The molecule has 2 fully saturated rings. The van der Waals surface area contributed by atoms with Crippen LogP contribution >= 0.6 is 0 Å². The molecule has 0 aromatic carbocycles. The van der Waals surface area contributed by atoms with Crippen molar-refractivity contribution in [1.29, 1.82) is 0 Å². The minimum atomic E-state index is -1.17. The van der Waals surface area contributed by atoms with Gasteiger partial charge >= 0.3 is 0 Å². The van der Waals surface area contributed by atoms with Crippen molar-refractivity contribution in [3.8, 4) is 0 Å². The van der Waals surface area contributed by atoms with E-state index in [4.69, 9.17) is 0 Å². The monoisotopic (exact) mass is 357 g/mol. The van der Waals surface area contributed by atoms with Crippen LogP contribution in [0.25, 0.3) is 6.08 Å². The minimum absolute atomic E-state index is 0.155. The zero-order valence-electron chi connectivity index (χ0n) is 15.0. The Labute approximate surface area is 154 Å². The van der Waals surface area contributed by atoms with E-state index in [2.05, 4.69) is 10.3 Å². The van der Waals surface area contributed by atoms with Crippen LogP contribution in [0.15, 0.2) is 30.6 Å². The molecule has 2 unspecified atom stereocenters. The second-order valence-corrected chi connectivity index (χ2v) is 7.15. The first-order chi connectivity index (χ1) is 12.6. The standard InChI is InChI=1S/C20H27N3O3/c24-18(11-10-15-6-4-12-21-14-15)23-13-5-9-17(23)19(25)20(26)22-16-7-2-1-3-8-16/h4,6,10-12,14,16-17,19,25H,1-3,5,7-9,13H2,(H,22,26). The molecule has 0 bridgehead atoms. The highest BCUT2D eigenvalue weighted by molar-refractivity contribution is 5.93. The van der Waals surface area contributed by atoms with Gasteiger partial charge in [-0.3, -0.25) is 14.6 Å². The smallest absolute Gasteiger partial charge is 0.251 e. The summed E-state index contributed by atoms with van der Waals surface area (Å²) in [5.41, 5.74) is 0.840. The van der Waals surface area contributed by atoms with Crippen molar-refractivity contribution >= 4 is 17.9 Å². The average Bonchev–Trinajstić information content (AvgIpc) is 3.17. The molecule has 2 heterocycles. The third kappa shape index (κ3) is 4.69. The molecular formula is C20H27N3O3. The summed E-state index contributed by atoms with van der Waals surface area (Å²) in [6.45, 7) is 0.564. The number of carbonyl (C=O) groups excluding carboxylic acids is 2. The minimum Gasteiger partial charge on any atom is -0.381 e. The third-order valence-corrected chi connectivity index (χ3v) is 5.27. The molecule has 2 aliphatic rings. The lowest BCUT2D eigenvalue weighted by molar-refractivity contribution is -0.137. The van der Waals surface area contributed by atoms with E-state index in [0.29, 0.717) is 13.0 Å². The lowest BCUT2D eigenvalue weighted by Gasteiger charge is -2.29. The Morgan fingerprint density at radius 1 is 1.23 bits per heavy atom. The van der Waals surface area contributed by atoms with Crippen LogP contribution in [0.1, 0.15) is 50.5 Å². The summed E-state index contributed by atoms with van der Waals surface area (Å²) < 4.78 is 0. The summed E-state index contributed by atoms with van der Waals surface area (Å²) in [4.78, 5) is 30.6. The summed E-state index contributed by atoms with van der Waals surface area (Å²) >= 11 is 0. The fourth-order valence-electron chi connectivity index (χ4n) is 3.84. The van der Waals surface area contributed by atoms with Crippen molar-refractivity contribution in [2.75, 3.05) is 6.54 Å². The average molecular weight is 357 g/mol. The number of nitrogens with zero attached hydrogens (tertiary/aromatic N) is 2. The predicted octanol–water partition coefficient (Wildman–Crippen LogP) is 1.90. The Morgan fingerprint density at radius 2 is 2.04 bits per heavy atom. The van der Waals surface area contributed by atoms with Crippen LogP contribution in [-0.2, 0) is 9.59 Å². The fourth-order valence-corrected chi connectivity index (χ4v) is 3.84. The normalized spacial score (nSPS) is 22.5. The van der Waals surface area contributed by atoms with Gasteiger partial charge in [-0.15, -0.1) is 0 Å². The Kier molecular flexibility index (Phi) is 6.39. The molecule has 0 radical (unpaired) electrons. The van der Waals surface area contributed by atoms with Gasteiger partial charge in [0.05, 0.1) is 6.04 Å². The first-order valence-corrected chi connectivity index (χ1v) is 9.52. The van der Waals surface area contributed by atoms with E-state index in [1.165, 1.54) is 12.5 Å². The van der Waals surface area contributed by atoms with Crippen LogP contribution in [0.4, 0.5) is 0 Å². The summed E-state index contributed by atoms with van der Waals surface area (Å²) in [6, 6.07) is 3.37. The van der Waals surface area contributed by atoms with E-state index < -0.39 is 12.1 Å². The van der Waals surface area contributed by atoms with Gasteiger partial charge in [0.25, 0.3) is 5.91 Å². The zero-order valence-corrected chi connectivity index (χ0v) is 15.0. The largest absolute Gasteiger partial charge is 0.381 e. The molecule has 1 aromatic rings. The van der Waals surface area contributed by atoms with E-state index in [9.17, 15) is 14.7 Å². The summed E-state index contributed by atoms with van der Waals surface area (Å²) in [5.74, 6) is -0.529. The molecule has 1 saturated heterocycles. The molecule has 3 rings (SSSR count). The van der Waals surface area contributed by atoms with E-state index in [-0.39, 0.29) is 17.9 Å². The first-order valence-electron chi connectivity index (χ1n) is 9.52. The maximum absolute atomic E-state index is 12.5. The number of aliphatic hydroxyl groups is 1. The van der Waals surface area contributed by atoms with Gasteiger partial charge < -0.3 is 15.3 Å². The third-order valence-electron chi connectivity index (χ3n) is 5.27. The van der Waals surface area contributed by atoms with Gasteiger partial charge in [-0.1, -0.05) is 25.3 Å². The van der Waals surface area contributed by atoms with Crippen molar-refractivity contribution in [3.63, 3.8) is 0 Å². The molecule has 26 heavy (non-hydrogen) atoms. The van der Waals surface area contributed by atoms with Crippen LogP contribution < -0.4 is 5.32 Å². The van der Waals surface area contributed by atoms with Crippen molar-refractivity contribution in [1.82, 2.24) is 15.2 Å². The molecule has 2 amide bonds. The highest BCUT2D eigenvalue weighted by Crippen LogP contribution is 2.22. The molecule has 6 nitrogen and oxygen atoms in total. The van der Waals surface area contributed by atoms with E-state index in [0.717, 1.165) is 37.7 Å². The number of carbonyl (C=O) groups is 2. The quantitative estimate of drug-likeness (QED) is 0.789. The Balaban J connectivity index is 1.58. The second-order valence-electron chi connectivity index (χ2n) is 7.15. The topological polar surface area (TPSA) is 82.5 Å². The first kappa shape index (κ1) is 18.6. The van der Waals surface area contributed by atoms with Gasteiger partial charge in [0.2, 0.25) is 5.91 Å². The number of amides is 2. The summed E-state index contributed by atoms with van der Waals surface area (Å²) in [6.07, 6.45) is 12.2. The van der Waals surface area contributed by atoms with Crippen LogP contribution in [0.5, 0.6) is 0 Å². The maximum atomic E-state index is 12.5. The number of hydrogen-bond donors (Lipinski definition) is 2. The molecule has 2 N–H and O–H groups in total. The van der Waals surface area contributed by atoms with Gasteiger partial charge in [0.15, 0.2) is 6.10 Å². The molecule has 1 aliphatic heterocycles. The number of nitrogens with one attached hydrogen (secondary N) is 1. The lowest BCUT2D eigenvalue weighted by atomic mass is 9.95. The van der Waals surface area contributed by atoms with Crippen LogP contribution in [0, 0.1) is 0 Å². The van der Waals surface area contributed by atoms with Gasteiger partial charge in [-0.25, -0.2) is 0 Å². The van der Waals surface area contributed by atoms with E-state index >= 15 is 0 Å². The van der Waals surface area contributed by atoms with Crippen LogP contribution in [0.3, 0.4) is 0 Å². The molecule has 1 saturated carbocycles. The van der Waals surface area contributed by atoms with Crippen molar-refractivity contribution in [2.45, 2.75) is 63.1 Å². The van der Waals surface area contributed by atoms with Gasteiger partial charge in [-0.05, 0) is 43.4 Å². The van der Waals surface area contributed by atoms with Crippen molar-refractivity contribution < 1.29 is 14.7 Å². The van der Waals surface area contributed by atoms with E-state index in [1.54, 1.807) is 23.4 Å². The molecule has 1 aromatic heterocycles. The molecule has 1 aliphatic carbocycles. The SMILES string of the molecule is O=C(NC1CCCCC1)C(O)C1CCCN1C(=O)C=Cc1cccnc1. The Bertz CT molecular complexity index is 641. The molecule has 140 valence electrons. The summed E-state index contributed by atoms with van der Waals surface area (Å²) in [5, 5.41) is 13.5. The van der Waals surface area contributed by atoms with Crippen molar-refractivity contribution in [3.05, 3.63) is 36.2 Å².